The van der Waals surface area contributed by atoms with Crippen molar-refractivity contribution in [3.63, 3.8) is 0 Å². The molecule has 2 heterocycles. The summed E-state index contributed by atoms with van der Waals surface area (Å²) in [5, 5.41) is 4.66. The van der Waals surface area contributed by atoms with E-state index >= 15 is 0 Å². The van der Waals surface area contributed by atoms with Gasteiger partial charge >= 0.3 is 0 Å². The molecule has 3 heteroatoms. The molecule has 1 unspecified atom stereocenters. The predicted molar refractivity (Wildman–Crippen MR) is 77.0 cm³/mol. The number of rotatable bonds is 2. The zero-order chi connectivity index (χ0) is 13.4. The maximum absolute atomic E-state index is 13.5. The SMILES string of the molecule is Cc1c(CC2CCCCN2)c2cc(F)ccc2n1C. The van der Waals surface area contributed by atoms with Gasteiger partial charge in [0.2, 0.25) is 0 Å². The zero-order valence-electron chi connectivity index (χ0n) is 11.7. The quantitative estimate of drug-likeness (QED) is 0.876. The third kappa shape index (κ3) is 2.27. The number of benzene rings is 1. The number of nitrogens with zero attached hydrogens (tertiary/aromatic N) is 1. The molecule has 0 radical (unpaired) electrons. The Bertz CT molecular complexity index is 594. The van der Waals surface area contributed by atoms with Crippen molar-refractivity contribution in [1.82, 2.24) is 9.88 Å². The summed E-state index contributed by atoms with van der Waals surface area (Å²) in [5.74, 6) is -0.143. The Kier molecular flexibility index (Phi) is 3.31. The highest BCUT2D eigenvalue weighted by Crippen LogP contribution is 2.28. The summed E-state index contributed by atoms with van der Waals surface area (Å²) < 4.78 is 15.7. The number of piperidine rings is 1. The predicted octanol–water partition coefficient (Wildman–Crippen LogP) is 3.31. The Morgan fingerprint density at radius 3 is 2.95 bits per heavy atom. The van der Waals surface area contributed by atoms with Gasteiger partial charge in [-0.05, 0) is 56.5 Å². The van der Waals surface area contributed by atoms with Crippen LogP contribution in [0.2, 0.25) is 0 Å². The molecule has 3 rings (SSSR count). The highest BCUT2D eigenvalue weighted by molar-refractivity contribution is 5.85. The second-order valence-corrected chi connectivity index (χ2v) is 5.64. The van der Waals surface area contributed by atoms with Crippen LogP contribution in [0.25, 0.3) is 10.9 Å². The maximum atomic E-state index is 13.5. The molecule has 2 aromatic rings. The van der Waals surface area contributed by atoms with E-state index in [4.69, 9.17) is 0 Å². The Morgan fingerprint density at radius 2 is 2.21 bits per heavy atom. The molecular weight excluding hydrogens is 239 g/mol. The van der Waals surface area contributed by atoms with Gasteiger partial charge in [0, 0.05) is 29.7 Å². The van der Waals surface area contributed by atoms with Gasteiger partial charge in [-0.3, -0.25) is 0 Å². The molecule has 1 aliphatic rings. The number of hydrogen-bond donors (Lipinski definition) is 1. The summed E-state index contributed by atoms with van der Waals surface area (Å²) in [5.41, 5.74) is 3.69. The summed E-state index contributed by atoms with van der Waals surface area (Å²) in [7, 11) is 2.06. The fourth-order valence-electron chi connectivity index (χ4n) is 3.22. The lowest BCUT2D eigenvalue weighted by Gasteiger charge is -2.23. The molecule has 1 aliphatic heterocycles. The second-order valence-electron chi connectivity index (χ2n) is 5.64. The molecule has 1 fully saturated rings. The minimum absolute atomic E-state index is 0.143. The summed E-state index contributed by atoms with van der Waals surface area (Å²) >= 11 is 0. The van der Waals surface area contributed by atoms with Crippen LogP contribution in [0.5, 0.6) is 0 Å². The van der Waals surface area contributed by atoms with Crippen molar-refractivity contribution < 1.29 is 4.39 Å². The first kappa shape index (κ1) is 12.7. The summed E-state index contributed by atoms with van der Waals surface area (Å²) in [4.78, 5) is 0. The Labute approximate surface area is 113 Å². The fourth-order valence-corrected chi connectivity index (χ4v) is 3.22. The van der Waals surface area contributed by atoms with Crippen molar-refractivity contribution in [1.29, 1.82) is 0 Å². The van der Waals surface area contributed by atoms with E-state index in [0.29, 0.717) is 6.04 Å². The average molecular weight is 260 g/mol. The molecule has 102 valence electrons. The summed E-state index contributed by atoms with van der Waals surface area (Å²) in [6.07, 6.45) is 4.81. The van der Waals surface area contributed by atoms with Crippen LogP contribution in [0.15, 0.2) is 18.2 Å². The number of halogens is 1. The van der Waals surface area contributed by atoms with Crippen molar-refractivity contribution in [3.05, 3.63) is 35.3 Å². The fraction of sp³-hybridized carbons (Fsp3) is 0.500. The van der Waals surface area contributed by atoms with Crippen LogP contribution in [0.3, 0.4) is 0 Å². The van der Waals surface area contributed by atoms with Gasteiger partial charge in [0.25, 0.3) is 0 Å². The lowest BCUT2D eigenvalue weighted by atomic mass is 9.96. The molecule has 0 saturated carbocycles. The first-order chi connectivity index (χ1) is 9.16. The van der Waals surface area contributed by atoms with E-state index in [1.807, 2.05) is 6.07 Å². The van der Waals surface area contributed by atoms with E-state index in [-0.39, 0.29) is 5.82 Å². The standard InChI is InChI=1S/C16H21FN2/c1-11-14(10-13-5-3-4-8-18-13)15-9-12(17)6-7-16(15)19(11)2/h6-7,9,13,18H,3-5,8,10H2,1-2H3. The third-order valence-corrected chi connectivity index (χ3v) is 4.45. The van der Waals surface area contributed by atoms with Crippen LogP contribution in [-0.4, -0.2) is 17.2 Å². The topological polar surface area (TPSA) is 17.0 Å². The van der Waals surface area contributed by atoms with E-state index in [0.717, 1.165) is 23.9 Å². The van der Waals surface area contributed by atoms with Crippen molar-refractivity contribution in [2.24, 2.45) is 7.05 Å². The van der Waals surface area contributed by atoms with Crippen molar-refractivity contribution >= 4 is 10.9 Å². The van der Waals surface area contributed by atoms with Gasteiger partial charge in [-0.2, -0.15) is 0 Å². The Hall–Kier alpha value is -1.35. The summed E-state index contributed by atoms with van der Waals surface area (Å²) in [6, 6.07) is 5.65. The Balaban J connectivity index is 2.01. The van der Waals surface area contributed by atoms with Crippen molar-refractivity contribution in [2.45, 2.75) is 38.6 Å². The van der Waals surface area contributed by atoms with Crippen LogP contribution >= 0.6 is 0 Å². The third-order valence-electron chi connectivity index (χ3n) is 4.45. The number of nitrogens with one attached hydrogen (secondary N) is 1. The monoisotopic (exact) mass is 260 g/mol. The van der Waals surface area contributed by atoms with E-state index in [1.165, 1.54) is 30.5 Å². The highest BCUT2D eigenvalue weighted by atomic mass is 19.1. The molecule has 1 saturated heterocycles. The minimum atomic E-state index is -0.143. The highest BCUT2D eigenvalue weighted by Gasteiger charge is 2.18. The average Bonchev–Trinajstić information content (AvgIpc) is 2.65. The van der Waals surface area contributed by atoms with E-state index in [1.54, 1.807) is 12.1 Å². The van der Waals surface area contributed by atoms with Crippen LogP contribution in [0.1, 0.15) is 30.5 Å². The zero-order valence-corrected chi connectivity index (χ0v) is 11.7. The summed E-state index contributed by atoms with van der Waals surface area (Å²) in [6.45, 7) is 3.25. The van der Waals surface area contributed by atoms with E-state index in [2.05, 4.69) is 23.9 Å². The molecule has 1 aromatic heterocycles. The van der Waals surface area contributed by atoms with Gasteiger partial charge < -0.3 is 9.88 Å². The van der Waals surface area contributed by atoms with Crippen LogP contribution < -0.4 is 5.32 Å². The van der Waals surface area contributed by atoms with Gasteiger partial charge in [0.05, 0.1) is 0 Å². The number of fused-ring (bicyclic) bond motifs is 1. The Morgan fingerprint density at radius 1 is 1.37 bits per heavy atom. The molecule has 2 nitrogen and oxygen atoms in total. The molecule has 0 spiro atoms. The number of hydrogen-bond acceptors (Lipinski definition) is 1. The number of aromatic nitrogens is 1. The van der Waals surface area contributed by atoms with E-state index in [9.17, 15) is 4.39 Å². The molecule has 19 heavy (non-hydrogen) atoms. The van der Waals surface area contributed by atoms with Gasteiger partial charge in [-0.1, -0.05) is 6.42 Å². The second kappa shape index (κ2) is 4.97. The molecule has 0 amide bonds. The first-order valence-corrected chi connectivity index (χ1v) is 7.13. The molecule has 1 aromatic carbocycles. The van der Waals surface area contributed by atoms with Crippen LogP contribution in [0.4, 0.5) is 4.39 Å². The minimum Gasteiger partial charge on any atom is -0.348 e. The molecule has 0 bridgehead atoms. The smallest absolute Gasteiger partial charge is 0.123 e. The molecule has 0 aliphatic carbocycles. The lowest BCUT2D eigenvalue weighted by Crippen LogP contribution is -2.35. The van der Waals surface area contributed by atoms with Gasteiger partial charge in [-0.25, -0.2) is 4.39 Å². The van der Waals surface area contributed by atoms with Crippen LogP contribution in [-0.2, 0) is 13.5 Å². The lowest BCUT2D eigenvalue weighted by molar-refractivity contribution is 0.399. The van der Waals surface area contributed by atoms with Gasteiger partial charge in [0.15, 0.2) is 0 Å². The molecular formula is C16H21FN2. The number of aryl methyl sites for hydroxylation is 1. The molecule has 1 atom stereocenters. The van der Waals surface area contributed by atoms with Gasteiger partial charge in [0.1, 0.15) is 5.82 Å². The first-order valence-electron chi connectivity index (χ1n) is 7.13. The normalized spacial score (nSPS) is 20.1. The van der Waals surface area contributed by atoms with Crippen LogP contribution in [0, 0.1) is 12.7 Å². The maximum Gasteiger partial charge on any atom is 0.123 e. The van der Waals surface area contributed by atoms with Gasteiger partial charge in [-0.15, -0.1) is 0 Å². The molecule has 1 N–H and O–H groups in total. The largest absolute Gasteiger partial charge is 0.348 e. The van der Waals surface area contributed by atoms with Crippen molar-refractivity contribution in [3.8, 4) is 0 Å². The van der Waals surface area contributed by atoms with Crippen molar-refractivity contribution in [2.75, 3.05) is 6.54 Å². The van der Waals surface area contributed by atoms with E-state index < -0.39 is 0 Å².